The standard InChI is InChI=1S/C10H15N3O3S/c1-16-9(15)5-7-6-17-10(13-7)12-4-2-3-8(11)14/h6H,2-5H2,1H3,(H2,11,14)(H,12,13). The molecular formula is C10H15N3O3S. The van der Waals surface area contributed by atoms with Gasteiger partial charge in [-0.15, -0.1) is 11.3 Å². The first kappa shape index (κ1) is 13.4. The molecular weight excluding hydrogens is 242 g/mol. The van der Waals surface area contributed by atoms with Crippen LogP contribution in [0.15, 0.2) is 5.38 Å². The molecule has 1 aromatic rings. The highest BCUT2D eigenvalue weighted by molar-refractivity contribution is 7.13. The van der Waals surface area contributed by atoms with Crippen LogP contribution in [0.5, 0.6) is 0 Å². The van der Waals surface area contributed by atoms with Gasteiger partial charge in [-0.25, -0.2) is 4.98 Å². The van der Waals surface area contributed by atoms with Gasteiger partial charge in [0.1, 0.15) is 0 Å². The molecule has 1 amide bonds. The molecule has 3 N–H and O–H groups in total. The molecule has 0 unspecified atom stereocenters. The van der Waals surface area contributed by atoms with Gasteiger partial charge in [0.25, 0.3) is 0 Å². The number of primary amides is 1. The number of anilines is 1. The van der Waals surface area contributed by atoms with Crippen LogP contribution in [0.2, 0.25) is 0 Å². The first-order chi connectivity index (χ1) is 8.11. The van der Waals surface area contributed by atoms with E-state index in [1.807, 2.05) is 0 Å². The smallest absolute Gasteiger partial charge is 0.311 e. The Bertz CT molecular complexity index is 392. The summed E-state index contributed by atoms with van der Waals surface area (Å²) >= 11 is 1.41. The lowest BCUT2D eigenvalue weighted by atomic mass is 10.3. The van der Waals surface area contributed by atoms with Crippen molar-refractivity contribution in [3.05, 3.63) is 11.1 Å². The van der Waals surface area contributed by atoms with Gasteiger partial charge in [0.15, 0.2) is 5.13 Å². The molecule has 0 aliphatic rings. The lowest BCUT2D eigenvalue weighted by Crippen LogP contribution is -2.12. The molecule has 17 heavy (non-hydrogen) atoms. The minimum atomic E-state index is -0.310. The van der Waals surface area contributed by atoms with E-state index in [1.54, 1.807) is 5.38 Å². The molecule has 7 heteroatoms. The summed E-state index contributed by atoms with van der Waals surface area (Å²) in [6.45, 7) is 0.633. The lowest BCUT2D eigenvalue weighted by Gasteiger charge is -2.00. The summed E-state index contributed by atoms with van der Waals surface area (Å²) in [7, 11) is 1.34. The highest BCUT2D eigenvalue weighted by Gasteiger charge is 2.07. The molecule has 94 valence electrons. The van der Waals surface area contributed by atoms with E-state index in [9.17, 15) is 9.59 Å². The van der Waals surface area contributed by atoms with Crippen molar-refractivity contribution >= 4 is 28.3 Å². The van der Waals surface area contributed by atoms with Crippen LogP contribution >= 0.6 is 11.3 Å². The fourth-order valence-corrected chi connectivity index (χ4v) is 1.89. The van der Waals surface area contributed by atoms with Crippen molar-refractivity contribution in [2.75, 3.05) is 19.0 Å². The van der Waals surface area contributed by atoms with E-state index in [-0.39, 0.29) is 18.3 Å². The van der Waals surface area contributed by atoms with Gasteiger partial charge in [-0.2, -0.15) is 0 Å². The molecule has 6 nitrogen and oxygen atoms in total. The van der Waals surface area contributed by atoms with E-state index in [1.165, 1.54) is 18.4 Å². The maximum Gasteiger partial charge on any atom is 0.311 e. The van der Waals surface area contributed by atoms with Crippen molar-refractivity contribution in [3.63, 3.8) is 0 Å². The second kappa shape index (κ2) is 6.85. The van der Waals surface area contributed by atoms with Crippen molar-refractivity contribution < 1.29 is 14.3 Å². The number of amides is 1. The highest BCUT2D eigenvalue weighted by Crippen LogP contribution is 2.15. The Morgan fingerprint density at radius 3 is 3.00 bits per heavy atom. The normalized spacial score (nSPS) is 9.94. The second-order valence-electron chi connectivity index (χ2n) is 3.39. The number of aromatic nitrogens is 1. The molecule has 0 saturated heterocycles. The van der Waals surface area contributed by atoms with Crippen LogP contribution in [-0.2, 0) is 20.7 Å². The minimum absolute atomic E-state index is 0.177. The zero-order valence-corrected chi connectivity index (χ0v) is 10.4. The van der Waals surface area contributed by atoms with E-state index in [0.717, 1.165) is 5.13 Å². The Kier molecular flexibility index (Phi) is 5.41. The van der Waals surface area contributed by atoms with Crippen LogP contribution in [0.25, 0.3) is 0 Å². The average molecular weight is 257 g/mol. The Labute approximate surface area is 103 Å². The maximum atomic E-state index is 11.0. The van der Waals surface area contributed by atoms with Crippen molar-refractivity contribution in [1.82, 2.24) is 4.98 Å². The van der Waals surface area contributed by atoms with E-state index < -0.39 is 0 Å². The Morgan fingerprint density at radius 1 is 1.59 bits per heavy atom. The van der Waals surface area contributed by atoms with Crippen molar-refractivity contribution in [1.29, 1.82) is 0 Å². The van der Waals surface area contributed by atoms with Gasteiger partial charge in [0.2, 0.25) is 5.91 Å². The number of thiazole rings is 1. The van der Waals surface area contributed by atoms with Crippen LogP contribution in [0.4, 0.5) is 5.13 Å². The molecule has 0 aromatic carbocycles. The van der Waals surface area contributed by atoms with Crippen LogP contribution in [0, 0.1) is 0 Å². The summed E-state index contributed by atoms with van der Waals surface area (Å²) in [5, 5.41) is 5.59. The van der Waals surface area contributed by atoms with Crippen LogP contribution in [-0.4, -0.2) is 30.5 Å². The number of nitrogens with zero attached hydrogens (tertiary/aromatic N) is 1. The zero-order valence-electron chi connectivity index (χ0n) is 9.56. The third-order valence-electron chi connectivity index (χ3n) is 1.98. The molecule has 0 bridgehead atoms. The molecule has 0 saturated carbocycles. The summed E-state index contributed by atoms with van der Waals surface area (Å²) in [4.78, 5) is 25.7. The van der Waals surface area contributed by atoms with Crippen molar-refractivity contribution in [2.45, 2.75) is 19.3 Å². The number of nitrogens with two attached hydrogens (primary N) is 1. The second-order valence-corrected chi connectivity index (χ2v) is 4.25. The predicted octanol–water partition coefficient (Wildman–Crippen LogP) is 0.536. The number of methoxy groups -OCH3 is 1. The van der Waals surface area contributed by atoms with Gasteiger partial charge in [-0.3, -0.25) is 9.59 Å². The van der Waals surface area contributed by atoms with Gasteiger partial charge >= 0.3 is 5.97 Å². The Hall–Kier alpha value is -1.63. The molecule has 1 aromatic heterocycles. The fourth-order valence-electron chi connectivity index (χ4n) is 1.15. The minimum Gasteiger partial charge on any atom is -0.469 e. The topological polar surface area (TPSA) is 94.3 Å². The fraction of sp³-hybridized carbons (Fsp3) is 0.500. The van der Waals surface area contributed by atoms with Gasteiger partial charge in [-0.05, 0) is 6.42 Å². The predicted molar refractivity (Wildman–Crippen MR) is 64.8 cm³/mol. The number of ether oxygens (including phenoxy) is 1. The number of rotatable bonds is 7. The number of nitrogens with one attached hydrogen (secondary N) is 1. The largest absolute Gasteiger partial charge is 0.469 e. The van der Waals surface area contributed by atoms with Gasteiger partial charge in [0.05, 0.1) is 19.2 Å². The van der Waals surface area contributed by atoms with E-state index in [2.05, 4.69) is 15.0 Å². The summed E-state index contributed by atoms with van der Waals surface area (Å²) in [5.41, 5.74) is 5.69. The molecule has 0 aliphatic carbocycles. The first-order valence-corrected chi connectivity index (χ1v) is 6.03. The monoisotopic (exact) mass is 257 g/mol. The summed E-state index contributed by atoms with van der Waals surface area (Å²) < 4.78 is 4.54. The number of esters is 1. The Morgan fingerprint density at radius 2 is 2.35 bits per heavy atom. The lowest BCUT2D eigenvalue weighted by molar-refractivity contribution is -0.139. The number of hydrogen-bond acceptors (Lipinski definition) is 6. The first-order valence-electron chi connectivity index (χ1n) is 5.15. The molecule has 0 radical (unpaired) electrons. The van der Waals surface area contributed by atoms with Crippen LogP contribution < -0.4 is 11.1 Å². The SMILES string of the molecule is COC(=O)Cc1csc(NCCCC(N)=O)n1. The van der Waals surface area contributed by atoms with Gasteiger partial charge < -0.3 is 15.8 Å². The van der Waals surface area contributed by atoms with Crippen molar-refractivity contribution in [3.8, 4) is 0 Å². The molecule has 0 fully saturated rings. The zero-order chi connectivity index (χ0) is 12.7. The molecule has 1 rings (SSSR count). The molecule has 0 atom stereocenters. The van der Waals surface area contributed by atoms with Gasteiger partial charge in [0, 0.05) is 18.3 Å². The van der Waals surface area contributed by atoms with Crippen molar-refractivity contribution in [2.24, 2.45) is 5.73 Å². The third kappa shape index (κ3) is 5.30. The van der Waals surface area contributed by atoms with E-state index in [0.29, 0.717) is 25.1 Å². The van der Waals surface area contributed by atoms with Gasteiger partial charge in [-0.1, -0.05) is 0 Å². The summed E-state index contributed by atoms with van der Waals surface area (Å²) in [6, 6.07) is 0. The maximum absolute atomic E-state index is 11.0. The number of carbonyl (C=O) groups is 2. The number of carbonyl (C=O) groups excluding carboxylic acids is 2. The number of hydrogen-bond donors (Lipinski definition) is 2. The summed E-state index contributed by atoms with van der Waals surface area (Å²) in [6.07, 6.45) is 1.20. The molecule has 0 spiro atoms. The highest BCUT2D eigenvalue weighted by atomic mass is 32.1. The Balaban J connectivity index is 2.30. The quantitative estimate of drug-likeness (QED) is 0.549. The van der Waals surface area contributed by atoms with E-state index >= 15 is 0 Å². The van der Waals surface area contributed by atoms with Crippen LogP contribution in [0.1, 0.15) is 18.5 Å². The summed E-state index contributed by atoms with van der Waals surface area (Å²) in [5.74, 6) is -0.618. The molecule has 1 heterocycles. The average Bonchev–Trinajstić information content (AvgIpc) is 2.72. The van der Waals surface area contributed by atoms with E-state index in [4.69, 9.17) is 5.73 Å². The van der Waals surface area contributed by atoms with Crippen LogP contribution in [0.3, 0.4) is 0 Å². The molecule has 0 aliphatic heterocycles. The third-order valence-corrected chi connectivity index (χ3v) is 2.83.